The van der Waals surface area contributed by atoms with E-state index in [9.17, 15) is 0 Å². The average molecular weight is 244 g/mol. The van der Waals surface area contributed by atoms with Gasteiger partial charge in [-0.1, -0.05) is 38.0 Å². The second-order valence-electron chi connectivity index (χ2n) is 4.19. The number of aryl methyl sites for hydroxylation is 1. The molecule has 2 heteroatoms. The summed E-state index contributed by atoms with van der Waals surface area (Å²) in [5.41, 5.74) is 5.78. The van der Waals surface area contributed by atoms with Crippen molar-refractivity contribution in [2.75, 3.05) is 0 Å². The lowest BCUT2D eigenvalue weighted by molar-refractivity contribution is 0.718. The summed E-state index contributed by atoms with van der Waals surface area (Å²) in [6.45, 7) is 6.02. The Balaban J connectivity index is 2.38. The molecule has 0 aliphatic rings. The highest BCUT2D eigenvalue weighted by Crippen LogP contribution is 2.27. The zero-order valence-corrected chi connectivity index (χ0v) is 11.1. The number of nitrogens with zero attached hydrogens (tertiary/aromatic N) is 1. The molecule has 89 valence electrons. The average Bonchev–Trinajstić information content (AvgIpc) is 2.80. The number of fused-ring (bicyclic) bond motifs is 1. The Morgan fingerprint density at radius 2 is 2.24 bits per heavy atom. The summed E-state index contributed by atoms with van der Waals surface area (Å²) in [6, 6.07) is 4.34. The van der Waals surface area contributed by atoms with Gasteiger partial charge in [0.05, 0.1) is 15.7 Å². The maximum absolute atomic E-state index is 4.50. The summed E-state index contributed by atoms with van der Waals surface area (Å²) < 4.78 is 1.29. The molecule has 2 aromatic rings. The minimum Gasteiger partial charge on any atom is -0.244 e. The Morgan fingerprint density at radius 1 is 1.35 bits per heavy atom. The SMILES string of the molecule is [CH2]/C=C/c1ccc2scnc2c1CCCCC. The Bertz CT molecular complexity index is 511. The molecule has 0 unspecified atom stereocenters. The highest BCUT2D eigenvalue weighted by Gasteiger charge is 2.07. The van der Waals surface area contributed by atoms with Crippen LogP contribution in [0.3, 0.4) is 0 Å². The third-order valence-electron chi connectivity index (χ3n) is 2.97. The van der Waals surface area contributed by atoms with E-state index in [0.717, 1.165) is 6.42 Å². The first kappa shape index (κ1) is 12.3. The van der Waals surface area contributed by atoms with Crippen LogP contribution in [0.15, 0.2) is 23.7 Å². The highest BCUT2D eigenvalue weighted by molar-refractivity contribution is 7.16. The molecule has 0 saturated heterocycles. The third-order valence-corrected chi connectivity index (χ3v) is 3.77. The maximum atomic E-state index is 4.50. The summed E-state index contributed by atoms with van der Waals surface area (Å²) in [7, 11) is 0. The molecule has 0 aliphatic carbocycles. The normalized spacial score (nSPS) is 11.6. The zero-order valence-electron chi connectivity index (χ0n) is 10.3. The first-order valence-electron chi connectivity index (χ1n) is 6.17. The molecule has 0 fully saturated rings. The van der Waals surface area contributed by atoms with Crippen LogP contribution in [0.25, 0.3) is 16.3 Å². The van der Waals surface area contributed by atoms with E-state index in [1.165, 1.54) is 40.6 Å². The molecule has 0 spiro atoms. The van der Waals surface area contributed by atoms with Gasteiger partial charge in [-0.2, -0.15) is 0 Å². The van der Waals surface area contributed by atoms with E-state index in [1.807, 2.05) is 11.6 Å². The lowest BCUT2D eigenvalue weighted by atomic mass is 10.00. The minimum absolute atomic E-state index is 1.12. The van der Waals surface area contributed by atoms with Crippen LogP contribution in [-0.4, -0.2) is 4.98 Å². The van der Waals surface area contributed by atoms with Gasteiger partial charge in [-0.15, -0.1) is 11.3 Å². The Labute approximate surface area is 107 Å². The number of allylic oxidation sites excluding steroid dienone is 1. The van der Waals surface area contributed by atoms with Crippen molar-refractivity contribution < 1.29 is 0 Å². The number of unbranched alkanes of at least 4 members (excludes halogenated alkanes) is 2. The molecule has 0 N–H and O–H groups in total. The minimum atomic E-state index is 1.12. The van der Waals surface area contributed by atoms with Crippen molar-refractivity contribution in [3.63, 3.8) is 0 Å². The molecule has 2 rings (SSSR count). The molecule has 1 nitrogen and oxygen atoms in total. The van der Waals surface area contributed by atoms with Crippen LogP contribution in [0.5, 0.6) is 0 Å². The predicted octanol–water partition coefficient (Wildman–Crippen LogP) is 4.88. The van der Waals surface area contributed by atoms with Crippen molar-refractivity contribution in [3.8, 4) is 0 Å². The molecule has 0 saturated carbocycles. The number of thiazole rings is 1. The first-order chi connectivity index (χ1) is 8.36. The lowest BCUT2D eigenvalue weighted by Gasteiger charge is -2.07. The van der Waals surface area contributed by atoms with E-state index in [0.29, 0.717) is 0 Å². The fourth-order valence-corrected chi connectivity index (χ4v) is 2.81. The van der Waals surface area contributed by atoms with Crippen molar-refractivity contribution in [2.45, 2.75) is 32.6 Å². The number of hydrogen-bond acceptors (Lipinski definition) is 2. The largest absolute Gasteiger partial charge is 0.244 e. The molecule has 0 aliphatic heterocycles. The van der Waals surface area contributed by atoms with E-state index in [-0.39, 0.29) is 0 Å². The van der Waals surface area contributed by atoms with Gasteiger partial charge >= 0.3 is 0 Å². The van der Waals surface area contributed by atoms with Gasteiger partial charge in [0.2, 0.25) is 0 Å². The smallest absolute Gasteiger partial charge is 0.0849 e. The fraction of sp³-hybridized carbons (Fsp3) is 0.333. The number of aromatic nitrogens is 1. The van der Waals surface area contributed by atoms with Gasteiger partial charge in [-0.3, -0.25) is 0 Å². The van der Waals surface area contributed by atoms with Gasteiger partial charge in [0.1, 0.15) is 0 Å². The molecular formula is C15H18NS. The molecular weight excluding hydrogens is 226 g/mol. The summed E-state index contributed by atoms with van der Waals surface area (Å²) in [5, 5.41) is 0. The van der Waals surface area contributed by atoms with Crippen LogP contribution in [0.1, 0.15) is 37.3 Å². The fourth-order valence-electron chi connectivity index (χ4n) is 2.10. The van der Waals surface area contributed by atoms with Gasteiger partial charge in [-0.25, -0.2) is 4.98 Å². The Morgan fingerprint density at radius 3 is 3.00 bits per heavy atom. The molecule has 1 radical (unpaired) electrons. The molecule has 1 aromatic heterocycles. The van der Waals surface area contributed by atoms with Crippen molar-refractivity contribution in [3.05, 3.63) is 41.8 Å². The van der Waals surface area contributed by atoms with Crippen molar-refractivity contribution in [2.24, 2.45) is 0 Å². The van der Waals surface area contributed by atoms with Crippen molar-refractivity contribution >= 4 is 27.6 Å². The van der Waals surface area contributed by atoms with Crippen LogP contribution in [0, 0.1) is 6.92 Å². The van der Waals surface area contributed by atoms with Gasteiger partial charge in [0.25, 0.3) is 0 Å². The monoisotopic (exact) mass is 244 g/mol. The van der Waals surface area contributed by atoms with Crippen molar-refractivity contribution in [1.29, 1.82) is 0 Å². The highest BCUT2D eigenvalue weighted by atomic mass is 32.1. The second-order valence-corrected chi connectivity index (χ2v) is 5.08. The van der Waals surface area contributed by atoms with Gasteiger partial charge in [0, 0.05) is 0 Å². The van der Waals surface area contributed by atoms with Gasteiger partial charge in [0.15, 0.2) is 0 Å². The third kappa shape index (κ3) is 2.75. The summed E-state index contributed by atoms with van der Waals surface area (Å²) in [6.07, 6.45) is 8.85. The summed E-state index contributed by atoms with van der Waals surface area (Å²) >= 11 is 1.72. The topological polar surface area (TPSA) is 12.9 Å². The van der Waals surface area contributed by atoms with Crippen LogP contribution < -0.4 is 0 Å². The summed E-state index contributed by atoms with van der Waals surface area (Å²) in [4.78, 5) is 4.50. The standard InChI is InChI=1S/C15H18NS/c1-3-5-6-8-13-12(7-4-2)9-10-14-15(13)16-11-17-14/h4,7,9-11H,2-3,5-6,8H2,1H3/b7-4+. The van der Waals surface area contributed by atoms with Crippen molar-refractivity contribution in [1.82, 2.24) is 4.98 Å². The molecule has 17 heavy (non-hydrogen) atoms. The van der Waals surface area contributed by atoms with Crippen LogP contribution in [-0.2, 0) is 6.42 Å². The zero-order chi connectivity index (χ0) is 12.1. The maximum Gasteiger partial charge on any atom is 0.0849 e. The van der Waals surface area contributed by atoms with Crippen LogP contribution >= 0.6 is 11.3 Å². The molecule has 0 atom stereocenters. The van der Waals surface area contributed by atoms with E-state index in [1.54, 1.807) is 11.3 Å². The predicted molar refractivity (Wildman–Crippen MR) is 77.2 cm³/mol. The Hall–Kier alpha value is -1.15. The number of hydrogen-bond donors (Lipinski definition) is 0. The lowest BCUT2D eigenvalue weighted by Crippen LogP contribution is -1.92. The second kappa shape index (κ2) is 5.97. The molecule has 1 aromatic carbocycles. The van der Waals surface area contributed by atoms with Crippen LogP contribution in [0.2, 0.25) is 0 Å². The Kier molecular flexibility index (Phi) is 4.32. The van der Waals surface area contributed by atoms with E-state index >= 15 is 0 Å². The molecule has 1 heterocycles. The number of benzene rings is 1. The molecule has 0 bridgehead atoms. The summed E-state index contributed by atoms with van der Waals surface area (Å²) in [5.74, 6) is 0. The van der Waals surface area contributed by atoms with Crippen LogP contribution in [0.4, 0.5) is 0 Å². The number of rotatable bonds is 5. The molecule has 0 amide bonds. The van der Waals surface area contributed by atoms with E-state index in [4.69, 9.17) is 0 Å². The van der Waals surface area contributed by atoms with E-state index in [2.05, 4.69) is 37.0 Å². The first-order valence-corrected chi connectivity index (χ1v) is 7.05. The van der Waals surface area contributed by atoms with Gasteiger partial charge in [-0.05, 0) is 37.0 Å². The quantitative estimate of drug-likeness (QED) is 0.683. The van der Waals surface area contributed by atoms with E-state index < -0.39 is 0 Å². The van der Waals surface area contributed by atoms with Gasteiger partial charge < -0.3 is 0 Å².